The molecule has 1 heterocycles. The summed E-state index contributed by atoms with van der Waals surface area (Å²) in [6, 6.07) is -0.249. The monoisotopic (exact) mass is 255 g/mol. The SMILES string of the molecule is COCCN1C(=O)N=C(N)C12CCCC(OC)C2. The number of nitrogens with two attached hydrogens (primary N) is 1. The number of hydrogen-bond acceptors (Lipinski definition) is 4. The van der Waals surface area contributed by atoms with Gasteiger partial charge in [-0.25, -0.2) is 4.79 Å². The van der Waals surface area contributed by atoms with Gasteiger partial charge in [-0.3, -0.25) is 0 Å². The number of methoxy groups -OCH3 is 2. The van der Waals surface area contributed by atoms with E-state index < -0.39 is 5.54 Å². The third-order valence-corrected chi connectivity index (χ3v) is 3.97. The molecule has 1 saturated carbocycles. The second-order valence-electron chi connectivity index (χ2n) is 4.91. The Kier molecular flexibility index (Phi) is 3.87. The van der Waals surface area contributed by atoms with Gasteiger partial charge in [-0.05, 0) is 19.3 Å². The molecule has 2 N–H and O–H groups in total. The van der Waals surface area contributed by atoms with Crippen molar-refractivity contribution in [2.24, 2.45) is 10.7 Å². The molecule has 2 rings (SSSR count). The number of amidine groups is 1. The van der Waals surface area contributed by atoms with E-state index in [0.29, 0.717) is 19.0 Å². The maximum Gasteiger partial charge on any atom is 0.346 e. The molecule has 0 radical (unpaired) electrons. The van der Waals surface area contributed by atoms with Gasteiger partial charge in [0.2, 0.25) is 0 Å². The molecule has 2 amide bonds. The average Bonchev–Trinajstić information content (AvgIpc) is 2.59. The van der Waals surface area contributed by atoms with Crippen LogP contribution in [0.1, 0.15) is 25.7 Å². The van der Waals surface area contributed by atoms with Crippen molar-refractivity contribution < 1.29 is 14.3 Å². The zero-order valence-electron chi connectivity index (χ0n) is 11.0. The Morgan fingerprint density at radius 1 is 1.56 bits per heavy atom. The Bertz CT molecular complexity index is 358. The van der Waals surface area contributed by atoms with E-state index in [0.717, 1.165) is 25.7 Å². The number of amides is 2. The van der Waals surface area contributed by atoms with Crippen LogP contribution in [-0.4, -0.2) is 55.8 Å². The molecule has 0 aromatic heterocycles. The van der Waals surface area contributed by atoms with Crippen LogP contribution in [-0.2, 0) is 9.47 Å². The van der Waals surface area contributed by atoms with Crippen molar-refractivity contribution in [3.8, 4) is 0 Å². The number of ether oxygens (including phenoxy) is 2. The summed E-state index contributed by atoms with van der Waals surface area (Å²) in [6.45, 7) is 1.02. The third-order valence-electron chi connectivity index (χ3n) is 3.97. The van der Waals surface area contributed by atoms with Gasteiger partial charge in [0.05, 0.1) is 12.7 Å². The van der Waals surface area contributed by atoms with E-state index in [1.54, 1.807) is 19.1 Å². The normalized spacial score (nSPS) is 32.1. The molecule has 1 aliphatic carbocycles. The molecule has 6 nitrogen and oxygen atoms in total. The highest BCUT2D eigenvalue weighted by atomic mass is 16.5. The summed E-state index contributed by atoms with van der Waals surface area (Å²) < 4.78 is 10.5. The summed E-state index contributed by atoms with van der Waals surface area (Å²) in [5.41, 5.74) is 5.56. The lowest BCUT2D eigenvalue weighted by Gasteiger charge is -2.43. The Morgan fingerprint density at radius 3 is 3.00 bits per heavy atom. The highest BCUT2D eigenvalue weighted by Crippen LogP contribution is 2.38. The summed E-state index contributed by atoms with van der Waals surface area (Å²) in [5, 5.41) is 0. The van der Waals surface area contributed by atoms with Crippen LogP contribution in [0.15, 0.2) is 4.99 Å². The molecule has 2 atom stereocenters. The van der Waals surface area contributed by atoms with Crippen LogP contribution < -0.4 is 5.73 Å². The van der Waals surface area contributed by atoms with Crippen molar-refractivity contribution in [3.05, 3.63) is 0 Å². The lowest BCUT2D eigenvalue weighted by Crippen LogP contribution is -2.58. The van der Waals surface area contributed by atoms with Crippen LogP contribution in [0.4, 0.5) is 4.79 Å². The molecule has 1 fully saturated rings. The first-order valence-electron chi connectivity index (χ1n) is 6.32. The van der Waals surface area contributed by atoms with Crippen LogP contribution in [0.3, 0.4) is 0 Å². The summed E-state index contributed by atoms with van der Waals surface area (Å²) in [4.78, 5) is 17.6. The molecule has 2 unspecified atom stereocenters. The molecular formula is C12H21N3O3. The van der Waals surface area contributed by atoms with Gasteiger partial charge in [-0.15, -0.1) is 0 Å². The second-order valence-corrected chi connectivity index (χ2v) is 4.91. The van der Waals surface area contributed by atoms with Crippen LogP contribution in [0.2, 0.25) is 0 Å². The summed E-state index contributed by atoms with van der Waals surface area (Å²) >= 11 is 0. The van der Waals surface area contributed by atoms with Crippen molar-refractivity contribution in [2.75, 3.05) is 27.4 Å². The van der Waals surface area contributed by atoms with E-state index in [1.807, 2.05) is 0 Å². The molecule has 0 aromatic carbocycles. The van der Waals surface area contributed by atoms with Gasteiger partial charge < -0.3 is 20.1 Å². The fraction of sp³-hybridized carbons (Fsp3) is 0.833. The third kappa shape index (κ3) is 2.10. The van der Waals surface area contributed by atoms with E-state index in [2.05, 4.69) is 4.99 Å². The summed E-state index contributed by atoms with van der Waals surface area (Å²) in [7, 11) is 3.32. The number of rotatable bonds is 4. The average molecular weight is 255 g/mol. The smallest absolute Gasteiger partial charge is 0.346 e. The number of aliphatic imine (C=N–C) groups is 1. The van der Waals surface area contributed by atoms with Crippen LogP contribution in [0, 0.1) is 0 Å². The van der Waals surface area contributed by atoms with Crippen molar-refractivity contribution in [1.82, 2.24) is 4.90 Å². The van der Waals surface area contributed by atoms with Gasteiger partial charge in [0.15, 0.2) is 0 Å². The van der Waals surface area contributed by atoms with Crippen molar-refractivity contribution >= 4 is 11.9 Å². The van der Waals surface area contributed by atoms with Crippen molar-refractivity contribution in [3.63, 3.8) is 0 Å². The first-order valence-corrected chi connectivity index (χ1v) is 6.32. The van der Waals surface area contributed by atoms with E-state index in [1.165, 1.54) is 0 Å². The standard InChI is InChI=1S/C12H21N3O3/c1-17-7-6-15-11(16)14-10(13)12(15)5-3-4-9(8-12)18-2/h9H,3-8H2,1-2H3,(H2,13,14,16). The number of urea groups is 1. The number of hydrogen-bond donors (Lipinski definition) is 1. The second kappa shape index (κ2) is 5.24. The molecule has 102 valence electrons. The van der Waals surface area contributed by atoms with Gasteiger partial charge in [0, 0.05) is 27.2 Å². The number of nitrogens with zero attached hydrogens (tertiary/aromatic N) is 2. The highest BCUT2D eigenvalue weighted by Gasteiger charge is 2.50. The Balaban J connectivity index is 2.20. The largest absolute Gasteiger partial charge is 0.385 e. The molecule has 1 spiro atoms. The first-order chi connectivity index (χ1) is 8.64. The van der Waals surface area contributed by atoms with E-state index in [4.69, 9.17) is 15.2 Å². The van der Waals surface area contributed by atoms with Crippen LogP contribution >= 0.6 is 0 Å². The summed E-state index contributed by atoms with van der Waals surface area (Å²) in [6.07, 6.45) is 3.73. The highest BCUT2D eigenvalue weighted by molar-refractivity contribution is 6.05. The van der Waals surface area contributed by atoms with Crippen molar-refractivity contribution in [1.29, 1.82) is 0 Å². The lowest BCUT2D eigenvalue weighted by atomic mass is 9.78. The van der Waals surface area contributed by atoms with E-state index >= 15 is 0 Å². The zero-order chi connectivity index (χ0) is 13.2. The number of carbonyl (C=O) groups excluding carboxylic acids is 1. The fourth-order valence-electron chi connectivity index (χ4n) is 2.96. The molecule has 6 heteroatoms. The molecule has 18 heavy (non-hydrogen) atoms. The molecule has 1 aliphatic heterocycles. The Morgan fingerprint density at radius 2 is 2.33 bits per heavy atom. The van der Waals surface area contributed by atoms with Crippen molar-refractivity contribution in [2.45, 2.75) is 37.3 Å². The summed E-state index contributed by atoms with van der Waals surface area (Å²) in [5.74, 6) is 0.436. The van der Waals surface area contributed by atoms with E-state index in [-0.39, 0.29) is 12.1 Å². The Hall–Kier alpha value is -1.14. The number of carbonyl (C=O) groups is 1. The molecular weight excluding hydrogens is 234 g/mol. The zero-order valence-corrected chi connectivity index (χ0v) is 11.0. The quantitative estimate of drug-likeness (QED) is 0.804. The van der Waals surface area contributed by atoms with Gasteiger partial charge >= 0.3 is 6.03 Å². The van der Waals surface area contributed by atoms with Crippen LogP contribution in [0.25, 0.3) is 0 Å². The van der Waals surface area contributed by atoms with Gasteiger partial charge in [0.1, 0.15) is 11.4 Å². The van der Waals surface area contributed by atoms with Crippen LogP contribution in [0.5, 0.6) is 0 Å². The fourth-order valence-corrected chi connectivity index (χ4v) is 2.96. The van der Waals surface area contributed by atoms with Gasteiger partial charge in [-0.2, -0.15) is 4.99 Å². The van der Waals surface area contributed by atoms with Gasteiger partial charge in [-0.1, -0.05) is 0 Å². The van der Waals surface area contributed by atoms with Gasteiger partial charge in [0.25, 0.3) is 0 Å². The molecule has 0 aromatic rings. The lowest BCUT2D eigenvalue weighted by molar-refractivity contribution is 0.0172. The maximum atomic E-state index is 11.9. The minimum atomic E-state index is -0.450. The predicted molar refractivity (Wildman–Crippen MR) is 67.6 cm³/mol. The molecule has 0 saturated heterocycles. The predicted octanol–water partition coefficient (Wildman–Crippen LogP) is 0.753. The minimum Gasteiger partial charge on any atom is -0.385 e. The maximum absolute atomic E-state index is 11.9. The Labute approximate surface area is 107 Å². The topological polar surface area (TPSA) is 77.2 Å². The molecule has 2 aliphatic rings. The minimum absolute atomic E-state index is 0.142. The first kappa shape index (κ1) is 13.3. The van der Waals surface area contributed by atoms with E-state index in [9.17, 15) is 4.79 Å². The molecule has 0 bridgehead atoms.